The van der Waals surface area contributed by atoms with E-state index in [1.54, 1.807) is 18.2 Å². The zero-order valence-electron chi connectivity index (χ0n) is 11.3. The lowest BCUT2D eigenvalue weighted by Gasteiger charge is -2.37. The number of aliphatic carboxylic acids is 1. The molecule has 5 nitrogen and oxygen atoms in total. The van der Waals surface area contributed by atoms with E-state index < -0.39 is 11.9 Å². The quantitative estimate of drug-likeness (QED) is 0.838. The van der Waals surface area contributed by atoms with Gasteiger partial charge in [-0.3, -0.25) is 4.79 Å². The van der Waals surface area contributed by atoms with Crippen LogP contribution in [0.1, 0.15) is 18.4 Å². The van der Waals surface area contributed by atoms with E-state index in [1.165, 1.54) is 0 Å². The molecule has 0 aromatic heterocycles. The van der Waals surface area contributed by atoms with Crippen molar-refractivity contribution in [3.8, 4) is 5.75 Å². The normalized spacial score (nSPS) is 18.1. The van der Waals surface area contributed by atoms with Crippen molar-refractivity contribution in [2.24, 2.45) is 11.1 Å². The molecule has 110 valence electrons. The van der Waals surface area contributed by atoms with E-state index in [9.17, 15) is 4.79 Å². The van der Waals surface area contributed by atoms with Crippen LogP contribution in [0.5, 0.6) is 5.75 Å². The number of benzene rings is 1. The Labute approximate surface area is 122 Å². The summed E-state index contributed by atoms with van der Waals surface area (Å²) in [5, 5.41) is 9.46. The summed E-state index contributed by atoms with van der Waals surface area (Å²) >= 11 is 6.14. The van der Waals surface area contributed by atoms with Gasteiger partial charge >= 0.3 is 5.97 Å². The first-order valence-corrected chi connectivity index (χ1v) is 6.76. The van der Waals surface area contributed by atoms with Gasteiger partial charge in [0.1, 0.15) is 5.75 Å². The van der Waals surface area contributed by atoms with Gasteiger partial charge in [-0.1, -0.05) is 24.6 Å². The van der Waals surface area contributed by atoms with Crippen molar-refractivity contribution in [1.29, 1.82) is 0 Å². The second-order valence-corrected chi connectivity index (χ2v) is 5.82. The average molecular weight is 300 g/mol. The Morgan fingerprint density at radius 2 is 2.30 bits per heavy atom. The van der Waals surface area contributed by atoms with E-state index in [4.69, 9.17) is 31.9 Å². The smallest absolute Gasteiger partial charge is 0.312 e. The molecule has 3 N–H and O–H groups in total. The Hall–Kier alpha value is -1.30. The summed E-state index contributed by atoms with van der Waals surface area (Å²) in [5.74, 6) is -1.17. The lowest BCUT2D eigenvalue weighted by Crippen LogP contribution is -2.44. The van der Waals surface area contributed by atoms with Crippen LogP contribution in [-0.2, 0) is 9.53 Å². The highest BCUT2D eigenvalue weighted by Gasteiger charge is 2.34. The molecule has 1 aliphatic heterocycles. The zero-order valence-corrected chi connectivity index (χ0v) is 12.0. The van der Waals surface area contributed by atoms with Crippen molar-refractivity contribution in [1.82, 2.24) is 0 Å². The third-order valence-electron chi connectivity index (χ3n) is 3.37. The number of carbonyl (C=O) groups is 1. The molecule has 2 rings (SSSR count). The van der Waals surface area contributed by atoms with Crippen molar-refractivity contribution in [2.45, 2.75) is 12.8 Å². The third-order valence-corrected chi connectivity index (χ3v) is 3.66. The van der Waals surface area contributed by atoms with Crippen LogP contribution >= 0.6 is 11.6 Å². The Morgan fingerprint density at radius 1 is 1.60 bits per heavy atom. The molecule has 0 saturated carbocycles. The van der Waals surface area contributed by atoms with Gasteiger partial charge in [0, 0.05) is 12.0 Å². The number of rotatable bonds is 6. The topological polar surface area (TPSA) is 81.8 Å². The molecule has 1 unspecified atom stereocenters. The molecule has 0 spiro atoms. The maximum atomic E-state index is 11.1. The fourth-order valence-electron chi connectivity index (χ4n) is 2.02. The molecule has 1 atom stereocenters. The van der Waals surface area contributed by atoms with E-state index in [-0.39, 0.29) is 12.0 Å². The zero-order chi connectivity index (χ0) is 14.8. The lowest BCUT2D eigenvalue weighted by molar-refractivity contribution is -0.138. The summed E-state index contributed by atoms with van der Waals surface area (Å²) in [5.41, 5.74) is 6.08. The molecule has 1 heterocycles. The molecule has 1 fully saturated rings. The van der Waals surface area contributed by atoms with Crippen LogP contribution < -0.4 is 10.5 Å². The van der Waals surface area contributed by atoms with Crippen molar-refractivity contribution < 1.29 is 19.4 Å². The molecule has 0 bridgehead atoms. The molecular formula is C14H18ClNO4. The fourth-order valence-corrected chi connectivity index (χ4v) is 2.26. The molecule has 6 heteroatoms. The first-order valence-electron chi connectivity index (χ1n) is 6.38. The van der Waals surface area contributed by atoms with Crippen molar-refractivity contribution in [3.63, 3.8) is 0 Å². The highest BCUT2D eigenvalue weighted by Crippen LogP contribution is 2.32. The summed E-state index contributed by atoms with van der Waals surface area (Å²) in [6, 6.07) is 4.97. The molecule has 0 aliphatic carbocycles. The van der Waals surface area contributed by atoms with Crippen LogP contribution in [-0.4, -0.2) is 37.4 Å². The number of carboxylic acid groups (broad SMARTS) is 1. The van der Waals surface area contributed by atoms with Crippen LogP contribution in [0.15, 0.2) is 18.2 Å². The van der Waals surface area contributed by atoms with Crippen LogP contribution in [0.3, 0.4) is 0 Å². The predicted octanol–water partition coefficient (Wildman–Crippen LogP) is 1.88. The summed E-state index contributed by atoms with van der Waals surface area (Å²) < 4.78 is 10.8. The molecule has 1 aromatic rings. The number of halogens is 1. The molecular weight excluding hydrogens is 282 g/mol. The summed E-state index contributed by atoms with van der Waals surface area (Å²) in [7, 11) is 0. The maximum Gasteiger partial charge on any atom is 0.312 e. The summed E-state index contributed by atoms with van der Waals surface area (Å²) in [4.78, 5) is 11.1. The number of hydrogen-bond donors (Lipinski definition) is 2. The highest BCUT2D eigenvalue weighted by molar-refractivity contribution is 6.32. The predicted molar refractivity (Wildman–Crippen MR) is 75.3 cm³/mol. The molecule has 1 aliphatic rings. The minimum atomic E-state index is -0.962. The largest absolute Gasteiger partial charge is 0.491 e. The highest BCUT2D eigenvalue weighted by atomic mass is 35.5. The van der Waals surface area contributed by atoms with Gasteiger partial charge in [-0.2, -0.15) is 0 Å². The van der Waals surface area contributed by atoms with Gasteiger partial charge in [0.15, 0.2) is 0 Å². The van der Waals surface area contributed by atoms with E-state index in [0.717, 1.165) is 0 Å². The molecule has 1 aromatic carbocycles. The Morgan fingerprint density at radius 3 is 2.75 bits per heavy atom. The van der Waals surface area contributed by atoms with Crippen LogP contribution in [0.2, 0.25) is 5.02 Å². The van der Waals surface area contributed by atoms with Gasteiger partial charge in [0.2, 0.25) is 0 Å². The number of ether oxygens (including phenoxy) is 2. The maximum absolute atomic E-state index is 11.1. The molecule has 20 heavy (non-hydrogen) atoms. The molecule has 1 saturated heterocycles. The third kappa shape index (κ3) is 3.23. The van der Waals surface area contributed by atoms with Gasteiger partial charge < -0.3 is 20.3 Å². The number of carboxylic acids is 1. The second-order valence-electron chi connectivity index (χ2n) is 5.41. The molecule has 0 amide bonds. The number of hydrogen-bond acceptors (Lipinski definition) is 4. The average Bonchev–Trinajstić information content (AvgIpc) is 2.36. The lowest BCUT2D eigenvalue weighted by atomic mass is 9.90. The standard InChI is InChI=1S/C14H18ClNO4/c1-14(6-19-7-14)8-20-12-3-2-9(4-11(12)15)10(5-16)13(17)18/h2-4,10H,5-8,16H2,1H3,(H,17,18). The summed E-state index contributed by atoms with van der Waals surface area (Å²) in [6.07, 6.45) is 0. The first-order chi connectivity index (χ1) is 9.45. The second kappa shape index (κ2) is 5.99. The minimum Gasteiger partial charge on any atom is -0.491 e. The van der Waals surface area contributed by atoms with Crippen molar-refractivity contribution in [3.05, 3.63) is 28.8 Å². The van der Waals surface area contributed by atoms with Crippen molar-refractivity contribution >= 4 is 17.6 Å². The van der Waals surface area contributed by atoms with Gasteiger partial charge in [0.25, 0.3) is 0 Å². The van der Waals surface area contributed by atoms with E-state index in [1.807, 2.05) is 0 Å². The van der Waals surface area contributed by atoms with Gasteiger partial charge in [-0.25, -0.2) is 0 Å². The minimum absolute atomic E-state index is 0.0290. The van der Waals surface area contributed by atoms with E-state index in [2.05, 4.69) is 6.92 Å². The fraction of sp³-hybridized carbons (Fsp3) is 0.500. The van der Waals surface area contributed by atoms with Gasteiger partial charge in [0.05, 0.1) is 30.8 Å². The van der Waals surface area contributed by atoms with E-state index in [0.29, 0.717) is 36.2 Å². The summed E-state index contributed by atoms with van der Waals surface area (Å²) in [6.45, 7) is 3.98. The van der Waals surface area contributed by atoms with Crippen LogP contribution in [0.25, 0.3) is 0 Å². The van der Waals surface area contributed by atoms with Crippen molar-refractivity contribution in [2.75, 3.05) is 26.4 Å². The Balaban J connectivity index is 2.07. The monoisotopic (exact) mass is 299 g/mol. The Bertz CT molecular complexity index is 502. The van der Waals surface area contributed by atoms with Gasteiger partial charge in [-0.15, -0.1) is 0 Å². The SMILES string of the molecule is CC1(COc2ccc(C(CN)C(=O)O)cc2Cl)COC1. The number of nitrogens with two attached hydrogens (primary N) is 1. The first kappa shape index (κ1) is 15.1. The van der Waals surface area contributed by atoms with Crippen LogP contribution in [0, 0.1) is 5.41 Å². The van der Waals surface area contributed by atoms with Gasteiger partial charge in [-0.05, 0) is 17.7 Å². The Kier molecular flexibility index (Phi) is 4.52. The molecule has 0 radical (unpaired) electrons. The van der Waals surface area contributed by atoms with Crippen LogP contribution in [0.4, 0.5) is 0 Å². The van der Waals surface area contributed by atoms with E-state index >= 15 is 0 Å².